The van der Waals surface area contributed by atoms with Crippen LogP contribution >= 0.6 is 0 Å². The van der Waals surface area contributed by atoms with E-state index in [1.807, 2.05) is 28.8 Å². The molecule has 0 saturated carbocycles. The minimum atomic E-state index is -0.352. The van der Waals surface area contributed by atoms with Gasteiger partial charge in [-0.05, 0) is 54.1 Å². The summed E-state index contributed by atoms with van der Waals surface area (Å²) in [6, 6.07) is 20.1. The lowest BCUT2D eigenvalue weighted by Gasteiger charge is -2.09. The predicted octanol–water partition coefficient (Wildman–Crippen LogP) is 5.44. The van der Waals surface area contributed by atoms with Gasteiger partial charge in [0, 0.05) is 35.7 Å². The van der Waals surface area contributed by atoms with E-state index in [9.17, 15) is 9.18 Å². The number of methoxy groups -OCH3 is 1. The zero-order valence-electron chi connectivity index (χ0n) is 19.2. The molecule has 36 heavy (non-hydrogen) atoms. The predicted molar refractivity (Wildman–Crippen MR) is 132 cm³/mol. The van der Waals surface area contributed by atoms with Crippen molar-refractivity contribution in [3.8, 4) is 28.7 Å². The van der Waals surface area contributed by atoms with Gasteiger partial charge < -0.3 is 24.5 Å². The second-order valence-corrected chi connectivity index (χ2v) is 7.87. The first kappa shape index (κ1) is 22.8. The maximum absolute atomic E-state index is 13.1. The number of halogens is 1. The Morgan fingerprint density at radius 1 is 1.03 bits per heavy atom. The number of anilines is 2. The first-order chi connectivity index (χ1) is 17.6. The molecule has 5 rings (SSSR count). The Balaban J connectivity index is 1.19. The van der Waals surface area contributed by atoms with E-state index in [1.54, 1.807) is 56.0 Å². The summed E-state index contributed by atoms with van der Waals surface area (Å²) in [6.07, 6.45) is 3.47. The molecule has 2 aromatic heterocycles. The smallest absolute Gasteiger partial charge is 0.323 e. The minimum absolute atomic E-state index is 0.273. The summed E-state index contributed by atoms with van der Waals surface area (Å²) in [5.41, 5.74) is 3.48. The number of benzene rings is 3. The average Bonchev–Trinajstić information content (AvgIpc) is 3.56. The van der Waals surface area contributed by atoms with E-state index < -0.39 is 0 Å². The molecule has 0 radical (unpaired) electrons. The fourth-order valence-electron chi connectivity index (χ4n) is 3.50. The SMILES string of the molecule is COc1cccc(NC(=O)Nc2ccc(Cn3cnc(-c4nc(-c5ccc(F)cc5)no4)c3)cc2)c1. The average molecular weight is 484 g/mol. The highest BCUT2D eigenvalue weighted by molar-refractivity contribution is 5.99. The quantitative estimate of drug-likeness (QED) is 0.319. The van der Waals surface area contributed by atoms with Gasteiger partial charge >= 0.3 is 6.03 Å². The van der Waals surface area contributed by atoms with Crippen molar-refractivity contribution in [2.45, 2.75) is 6.54 Å². The fraction of sp³-hybridized carbons (Fsp3) is 0.0769. The zero-order chi connectivity index (χ0) is 24.9. The molecule has 2 amide bonds. The van der Waals surface area contributed by atoms with Crippen LogP contribution in [0.2, 0.25) is 0 Å². The van der Waals surface area contributed by atoms with Gasteiger partial charge in [0.15, 0.2) is 0 Å². The number of hydrogen-bond acceptors (Lipinski definition) is 6. The standard InChI is InChI=1S/C26H21FN6O3/c1-35-22-4-2-3-21(13-22)30-26(34)29-20-11-5-17(6-12-20)14-33-15-23(28-16-33)25-31-24(32-36-25)18-7-9-19(27)10-8-18/h2-13,15-16H,14H2,1H3,(H2,29,30,34). The molecule has 0 fully saturated rings. The van der Waals surface area contributed by atoms with Gasteiger partial charge in [-0.15, -0.1) is 0 Å². The molecule has 0 aliphatic heterocycles. The second-order valence-electron chi connectivity index (χ2n) is 7.87. The number of carbonyl (C=O) groups excluding carboxylic acids is 1. The molecule has 10 heteroatoms. The third-order valence-electron chi connectivity index (χ3n) is 5.29. The highest BCUT2D eigenvalue weighted by Crippen LogP contribution is 2.22. The minimum Gasteiger partial charge on any atom is -0.497 e. The van der Waals surface area contributed by atoms with Gasteiger partial charge in [-0.2, -0.15) is 4.98 Å². The van der Waals surface area contributed by atoms with Gasteiger partial charge in [0.25, 0.3) is 5.89 Å². The molecule has 3 aromatic carbocycles. The van der Waals surface area contributed by atoms with Crippen molar-refractivity contribution in [2.75, 3.05) is 17.7 Å². The first-order valence-electron chi connectivity index (χ1n) is 11.0. The third-order valence-corrected chi connectivity index (χ3v) is 5.29. The van der Waals surface area contributed by atoms with Crippen LogP contribution in [0.3, 0.4) is 0 Å². The normalized spacial score (nSPS) is 10.7. The van der Waals surface area contributed by atoms with Crippen LogP contribution in [0.5, 0.6) is 5.75 Å². The summed E-state index contributed by atoms with van der Waals surface area (Å²) in [5, 5.41) is 9.53. The van der Waals surface area contributed by atoms with Crippen LogP contribution in [-0.2, 0) is 6.54 Å². The lowest BCUT2D eigenvalue weighted by atomic mass is 10.2. The number of ether oxygens (including phenoxy) is 1. The van der Waals surface area contributed by atoms with Crippen molar-refractivity contribution in [3.63, 3.8) is 0 Å². The number of urea groups is 1. The third kappa shape index (κ3) is 5.39. The van der Waals surface area contributed by atoms with Gasteiger partial charge in [-0.25, -0.2) is 14.2 Å². The molecule has 0 saturated heterocycles. The Hall–Kier alpha value is -4.99. The van der Waals surface area contributed by atoms with E-state index >= 15 is 0 Å². The van der Waals surface area contributed by atoms with Crippen molar-refractivity contribution in [3.05, 3.63) is 96.7 Å². The molecule has 0 unspecified atom stereocenters. The summed E-state index contributed by atoms with van der Waals surface area (Å²) < 4.78 is 25.5. The van der Waals surface area contributed by atoms with Crippen LogP contribution in [0, 0.1) is 5.82 Å². The largest absolute Gasteiger partial charge is 0.497 e. The highest BCUT2D eigenvalue weighted by Gasteiger charge is 2.13. The van der Waals surface area contributed by atoms with E-state index in [0.717, 1.165) is 5.56 Å². The van der Waals surface area contributed by atoms with Gasteiger partial charge in [0.1, 0.15) is 17.3 Å². The van der Waals surface area contributed by atoms with E-state index in [0.29, 0.717) is 40.8 Å². The molecular weight excluding hydrogens is 463 g/mol. The summed E-state index contributed by atoms with van der Waals surface area (Å²) in [6.45, 7) is 0.558. The molecule has 0 aliphatic rings. The second kappa shape index (κ2) is 10.1. The first-order valence-corrected chi connectivity index (χ1v) is 11.0. The van der Waals surface area contributed by atoms with Crippen molar-refractivity contribution < 1.29 is 18.4 Å². The molecule has 0 spiro atoms. The summed E-state index contributed by atoms with van der Waals surface area (Å²) >= 11 is 0. The summed E-state index contributed by atoms with van der Waals surface area (Å²) in [5.74, 6) is 0.960. The maximum Gasteiger partial charge on any atom is 0.323 e. The van der Waals surface area contributed by atoms with E-state index in [2.05, 4.69) is 25.8 Å². The number of amides is 2. The van der Waals surface area contributed by atoms with Crippen LogP contribution in [0.1, 0.15) is 5.56 Å². The van der Waals surface area contributed by atoms with Crippen LogP contribution in [0.15, 0.2) is 89.8 Å². The van der Waals surface area contributed by atoms with Crippen LogP contribution in [0.4, 0.5) is 20.6 Å². The monoisotopic (exact) mass is 484 g/mol. The summed E-state index contributed by atoms with van der Waals surface area (Å²) in [4.78, 5) is 21.0. The van der Waals surface area contributed by atoms with Gasteiger partial charge in [0.05, 0.1) is 13.4 Å². The topological polar surface area (TPSA) is 107 Å². The van der Waals surface area contributed by atoms with Crippen molar-refractivity contribution in [1.82, 2.24) is 19.7 Å². The van der Waals surface area contributed by atoms with Gasteiger partial charge in [-0.3, -0.25) is 0 Å². The Labute approximate surface area is 205 Å². The van der Waals surface area contributed by atoms with E-state index in [-0.39, 0.29) is 17.7 Å². The maximum atomic E-state index is 13.1. The van der Waals surface area contributed by atoms with Crippen molar-refractivity contribution >= 4 is 17.4 Å². The Bertz CT molecular complexity index is 1480. The van der Waals surface area contributed by atoms with Crippen LogP contribution in [0.25, 0.3) is 23.0 Å². The Kier molecular flexibility index (Phi) is 6.39. The Morgan fingerprint density at radius 2 is 1.81 bits per heavy atom. The van der Waals surface area contributed by atoms with Crippen LogP contribution in [-0.4, -0.2) is 32.8 Å². The van der Waals surface area contributed by atoms with Crippen molar-refractivity contribution in [1.29, 1.82) is 0 Å². The molecule has 0 aliphatic carbocycles. The zero-order valence-corrected chi connectivity index (χ0v) is 19.2. The number of rotatable bonds is 7. The van der Waals surface area contributed by atoms with E-state index in [1.165, 1.54) is 12.1 Å². The van der Waals surface area contributed by atoms with Crippen LogP contribution < -0.4 is 15.4 Å². The van der Waals surface area contributed by atoms with E-state index in [4.69, 9.17) is 9.26 Å². The molecule has 2 heterocycles. The summed E-state index contributed by atoms with van der Waals surface area (Å²) in [7, 11) is 1.57. The molecule has 2 N–H and O–H groups in total. The molecular formula is C26H21FN6O3. The molecule has 5 aromatic rings. The number of aromatic nitrogens is 4. The van der Waals surface area contributed by atoms with Gasteiger partial charge in [-0.1, -0.05) is 23.4 Å². The Morgan fingerprint density at radius 3 is 2.58 bits per heavy atom. The number of hydrogen-bond donors (Lipinski definition) is 2. The number of nitrogens with one attached hydrogen (secondary N) is 2. The number of nitrogens with zero attached hydrogens (tertiary/aromatic N) is 4. The number of imidazole rings is 1. The lowest BCUT2D eigenvalue weighted by molar-refractivity contribution is 0.262. The molecule has 9 nitrogen and oxygen atoms in total. The van der Waals surface area contributed by atoms with Gasteiger partial charge in [0.2, 0.25) is 5.82 Å². The fourth-order valence-corrected chi connectivity index (χ4v) is 3.50. The number of carbonyl (C=O) groups is 1. The molecule has 0 atom stereocenters. The lowest BCUT2D eigenvalue weighted by Crippen LogP contribution is -2.19. The highest BCUT2D eigenvalue weighted by atomic mass is 19.1. The molecule has 180 valence electrons. The molecule has 0 bridgehead atoms. The van der Waals surface area contributed by atoms with Crippen molar-refractivity contribution in [2.24, 2.45) is 0 Å².